The summed E-state index contributed by atoms with van der Waals surface area (Å²) in [5.74, 6) is -0.253. The van der Waals surface area contributed by atoms with Crippen LogP contribution in [0.2, 0.25) is 0 Å². The number of aliphatic hydroxyl groups is 1. The van der Waals surface area contributed by atoms with Gasteiger partial charge in [-0.05, 0) is 34.1 Å². The highest BCUT2D eigenvalue weighted by atomic mass is 16.3. The Morgan fingerprint density at radius 3 is 1.52 bits per heavy atom. The lowest BCUT2D eigenvalue weighted by Crippen LogP contribution is -2.17. The summed E-state index contributed by atoms with van der Waals surface area (Å²) < 4.78 is 0. The van der Waals surface area contributed by atoms with Gasteiger partial charge in [-0.2, -0.15) is 10.5 Å². The fraction of sp³-hybridized carbons (Fsp3) is 0.444. The van der Waals surface area contributed by atoms with E-state index >= 15 is 0 Å². The van der Waals surface area contributed by atoms with Gasteiger partial charge in [-0.1, -0.05) is 47.6 Å². The second kappa shape index (κ2) is 5.62. The highest BCUT2D eigenvalue weighted by Crippen LogP contribution is 2.32. The van der Waals surface area contributed by atoms with Gasteiger partial charge in [0.15, 0.2) is 11.3 Å². The van der Waals surface area contributed by atoms with Crippen LogP contribution >= 0.6 is 0 Å². The minimum absolute atomic E-state index is 0.0876. The van der Waals surface area contributed by atoms with E-state index in [1.807, 2.05) is 12.1 Å². The molecule has 0 saturated heterocycles. The van der Waals surface area contributed by atoms with Crippen LogP contribution in [0.5, 0.6) is 0 Å². The van der Waals surface area contributed by atoms with Gasteiger partial charge < -0.3 is 5.11 Å². The number of allylic oxidation sites excluding steroid dienone is 1. The van der Waals surface area contributed by atoms with Gasteiger partial charge in [-0.15, -0.1) is 0 Å². The molecule has 0 bridgehead atoms. The Morgan fingerprint density at radius 1 is 0.857 bits per heavy atom. The molecule has 1 N–H and O–H groups in total. The maximum Gasteiger partial charge on any atom is 0.171 e. The largest absolute Gasteiger partial charge is 0.505 e. The van der Waals surface area contributed by atoms with Crippen molar-refractivity contribution in [2.45, 2.75) is 52.4 Å². The van der Waals surface area contributed by atoms with Crippen LogP contribution in [0.1, 0.15) is 58.2 Å². The highest BCUT2D eigenvalue weighted by molar-refractivity contribution is 5.70. The Bertz CT molecular complexity index is 608. The zero-order chi connectivity index (χ0) is 16.4. The number of nitriles is 2. The first-order chi connectivity index (χ1) is 9.50. The molecule has 1 aromatic carbocycles. The molecule has 21 heavy (non-hydrogen) atoms. The molecule has 1 rings (SSSR count). The molecule has 0 amide bonds. The fourth-order valence-corrected chi connectivity index (χ4v) is 1.91. The zero-order valence-corrected chi connectivity index (χ0v) is 13.6. The van der Waals surface area contributed by atoms with Crippen LogP contribution in [0.4, 0.5) is 0 Å². The van der Waals surface area contributed by atoms with E-state index in [2.05, 4.69) is 47.6 Å². The van der Waals surface area contributed by atoms with Crippen LogP contribution < -0.4 is 0 Å². The van der Waals surface area contributed by atoms with Gasteiger partial charge in [0, 0.05) is 5.56 Å². The summed E-state index contributed by atoms with van der Waals surface area (Å²) in [5.41, 5.74) is 2.20. The van der Waals surface area contributed by atoms with E-state index in [1.54, 1.807) is 12.1 Å². The summed E-state index contributed by atoms with van der Waals surface area (Å²) >= 11 is 0. The molecule has 0 aromatic heterocycles. The fourth-order valence-electron chi connectivity index (χ4n) is 1.91. The van der Waals surface area contributed by atoms with Crippen LogP contribution in [-0.2, 0) is 10.8 Å². The Balaban J connectivity index is 3.67. The minimum Gasteiger partial charge on any atom is -0.505 e. The average molecular weight is 282 g/mol. The van der Waals surface area contributed by atoms with E-state index in [4.69, 9.17) is 10.5 Å². The number of aliphatic hydroxyl groups excluding tert-OH is 1. The van der Waals surface area contributed by atoms with E-state index < -0.39 is 0 Å². The number of nitrogens with zero attached hydrogens (tertiary/aromatic N) is 2. The Morgan fingerprint density at radius 2 is 1.24 bits per heavy atom. The van der Waals surface area contributed by atoms with Crippen molar-refractivity contribution < 1.29 is 5.11 Å². The normalized spacial score (nSPS) is 11.4. The van der Waals surface area contributed by atoms with E-state index in [1.165, 1.54) is 0 Å². The quantitative estimate of drug-likeness (QED) is 0.604. The van der Waals surface area contributed by atoms with Crippen LogP contribution in [0.15, 0.2) is 23.8 Å². The molecule has 1 aromatic rings. The maximum absolute atomic E-state index is 10.2. The first-order valence-corrected chi connectivity index (χ1v) is 6.90. The van der Waals surface area contributed by atoms with Gasteiger partial charge in [0.2, 0.25) is 0 Å². The molecule has 0 spiro atoms. The third-order valence-corrected chi connectivity index (χ3v) is 3.40. The number of benzene rings is 1. The predicted octanol–water partition coefficient (Wildman–Crippen LogP) is 4.60. The lowest BCUT2D eigenvalue weighted by Gasteiger charge is -2.26. The summed E-state index contributed by atoms with van der Waals surface area (Å²) in [5, 5.41) is 28.0. The standard InChI is InChI=1S/C18H22N2O/c1-17(2,3)14-7-12(16(21)13(10-19)11-20)8-15(9-14)18(4,5)6/h7-9,21H,1-6H3. The SMILES string of the molecule is CC(C)(C)c1cc(C(O)=C(C#N)C#N)cc(C(C)(C)C)c1. The molecule has 3 heteroatoms. The van der Waals surface area contributed by atoms with Crippen molar-refractivity contribution in [2.75, 3.05) is 0 Å². The first-order valence-electron chi connectivity index (χ1n) is 6.90. The summed E-state index contributed by atoms with van der Waals surface area (Å²) in [6.45, 7) is 12.6. The third kappa shape index (κ3) is 3.86. The second-order valence-electron chi connectivity index (χ2n) is 7.25. The summed E-state index contributed by atoms with van der Waals surface area (Å²) in [7, 11) is 0. The van der Waals surface area contributed by atoms with Crippen molar-refractivity contribution >= 4 is 5.76 Å². The molecule has 0 aliphatic carbocycles. The van der Waals surface area contributed by atoms with E-state index in [0.717, 1.165) is 11.1 Å². The molecule has 0 aliphatic rings. The van der Waals surface area contributed by atoms with Crippen LogP contribution in [0.25, 0.3) is 5.76 Å². The molecule has 110 valence electrons. The second-order valence-corrected chi connectivity index (χ2v) is 7.25. The van der Waals surface area contributed by atoms with Crippen molar-refractivity contribution in [3.05, 3.63) is 40.5 Å². The van der Waals surface area contributed by atoms with E-state index in [0.29, 0.717) is 5.56 Å². The lowest BCUT2D eigenvalue weighted by molar-refractivity contribution is 0.508. The number of hydrogen-bond acceptors (Lipinski definition) is 3. The van der Waals surface area contributed by atoms with E-state index in [9.17, 15) is 5.11 Å². The molecule has 3 nitrogen and oxygen atoms in total. The molecular formula is C18H22N2O. The third-order valence-electron chi connectivity index (χ3n) is 3.40. The van der Waals surface area contributed by atoms with Gasteiger partial charge in [-0.25, -0.2) is 0 Å². The zero-order valence-electron chi connectivity index (χ0n) is 13.6. The predicted molar refractivity (Wildman–Crippen MR) is 84.6 cm³/mol. The van der Waals surface area contributed by atoms with Gasteiger partial charge in [0.1, 0.15) is 12.1 Å². The molecular weight excluding hydrogens is 260 g/mol. The average Bonchev–Trinajstić information content (AvgIpc) is 2.37. The van der Waals surface area contributed by atoms with Crippen LogP contribution in [0, 0.1) is 22.7 Å². The monoisotopic (exact) mass is 282 g/mol. The molecule has 0 aliphatic heterocycles. The summed E-state index contributed by atoms with van der Waals surface area (Å²) in [6.07, 6.45) is 0. The Hall–Kier alpha value is -2.26. The van der Waals surface area contributed by atoms with Crippen molar-refractivity contribution in [3.8, 4) is 12.1 Å². The van der Waals surface area contributed by atoms with Gasteiger partial charge >= 0.3 is 0 Å². The lowest BCUT2D eigenvalue weighted by atomic mass is 9.79. The van der Waals surface area contributed by atoms with E-state index in [-0.39, 0.29) is 22.2 Å². The molecule has 0 heterocycles. The molecule has 0 saturated carbocycles. The van der Waals surface area contributed by atoms with Crippen molar-refractivity contribution in [1.82, 2.24) is 0 Å². The van der Waals surface area contributed by atoms with Crippen molar-refractivity contribution in [2.24, 2.45) is 0 Å². The molecule has 0 unspecified atom stereocenters. The number of hydrogen-bond donors (Lipinski definition) is 1. The van der Waals surface area contributed by atoms with Crippen LogP contribution in [-0.4, -0.2) is 5.11 Å². The molecule has 0 atom stereocenters. The topological polar surface area (TPSA) is 67.8 Å². The highest BCUT2D eigenvalue weighted by Gasteiger charge is 2.22. The summed E-state index contributed by atoms with van der Waals surface area (Å²) in [4.78, 5) is 0. The smallest absolute Gasteiger partial charge is 0.171 e. The molecule has 0 fully saturated rings. The Labute approximate surface area is 127 Å². The van der Waals surface area contributed by atoms with Crippen molar-refractivity contribution in [1.29, 1.82) is 10.5 Å². The summed E-state index contributed by atoms with van der Waals surface area (Å²) in [6, 6.07) is 9.28. The number of rotatable bonds is 1. The molecule has 0 radical (unpaired) electrons. The minimum atomic E-state index is -0.263. The van der Waals surface area contributed by atoms with Gasteiger partial charge in [0.25, 0.3) is 0 Å². The Kier molecular flexibility index (Phi) is 4.49. The van der Waals surface area contributed by atoms with Crippen LogP contribution in [0.3, 0.4) is 0 Å². The van der Waals surface area contributed by atoms with Gasteiger partial charge in [-0.3, -0.25) is 0 Å². The first kappa shape index (κ1) is 16.8. The van der Waals surface area contributed by atoms with Crippen molar-refractivity contribution in [3.63, 3.8) is 0 Å². The maximum atomic E-state index is 10.2. The van der Waals surface area contributed by atoms with Gasteiger partial charge in [0.05, 0.1) is 0 Å².